The molecule has 1 aliphatic carbocycles. The lowest BCUT2D eigenvalue weighted by Crippen LogP contribution is -2.56. The largest absolute Gasteiger partial charge is 0.404 e. The first kappa shape index (κ1) is 44.4. The number of allylic oxidation sites excluding steroid dienone is 2. The van der Waals surface area contributed by atoms with Crippen molar-refractivity contribution in [2.24, 2.45) is 29.4 Å². The van der Waals surface area contributed by atoms with Gasteiger partial charge in [-0.2, -0.15) is 0 Å². The number of aliphatic imine (C=N–C) groups is 1. The maximum absolute atomic E-state index is 15.6. The predicted octanol–water partition coefficient (Wildman–Crippen LogP) is 1.88. The molecule has 3 amide bonds. The first-order chi connectivity index (χ1) is 31.3. The van der Waals surface area contributed by atoms with E-state index in [4.69, 9.17) is 20.9 Å². The molecule has 3 aromatic rings. The number of benzene rings is 1. The average molecular weight is 905 g/mol. The molecule has 1 saturated carbocycles. The highest BCUT2D eigenvalue weighted by Gasteiger charge is 2.41. The highest BCUT2D eigenvalue weighted by molar-refractivity contribution is 6.19. The standard InChI is InChI=1S/C44H55F3N12O6/c1-55-39-32(3-2-4-33(39)59(44(55)63)34-9-10-37(60)54-43(34)62)57-19-28(20-57)65-35-12-14-56(22-30(35)45)18-24-5-7-25(8-6-24)51-17-31(38(49)40(46)47)52-42(61)29(16-48)41-50-13-11-36(53-41)58-21-27-15-26(58)23-64-27/h2-4,11,13,16-17,24-28,30,34-35,40H,5-10,12,14-15,18-23,48-49H2,1H3,(H,52,61)(H,54,60,62)/t24?,25?,26-,27-,30+,34?,35+/m1/s1. The fraction of sp³-hybridized carbons (Fsp3) is 0.568. The molecule has 6 N–H and O–H groups in total. The van der Waals surface area contributed by atoms with Crippen molar-refractivity contribution in [1.82, 2.24) is 34.6 Å². The number of ether oxygens (including phenoxy) is 2. The highest BCUT2D eigenvalue weighted by Crippen LogP contribution is 2.35. The number of fused-ring (bicyclic) bond motifs is 3. The minimum atomic E-state index is -3.05. The molecular formula is C44H55F3N12O6. The molecule has 6 fully saturated rings. The third-order valence-corrected chi connectivity index (χ3v) is 13.8. The van der Waals surface area contributed by atoms with E-state index >= 15 is 4.39 Å². The van der Waals surface area contributed by atoms with E-state index in [0.717, 1.165) is 37.7 Å². The zero-order chi connectivity index (χ0) is 45.5. The minimum Gasteiger partial charge on any atom is -0.404 e. The van der Waals surface area contributed by atoms with Crippen molar-refractivity contribution in [2.45, 2.75) is 100 Å². The van der Waals surface area contributed by atoms with Crippen LogP contribution in [0.1, 0.15) is 63.2 Å². The lowest BCUT2D eigenvalue weighted by atomic mass is 9.85. The Morgan fingerprint density at radius 3 is 2.58 bits per heavy atom. The van der Waals surface area contributed by atoms with Crippen molar-refractivity contribution in [2.75, 3.05) is 55.7 Å². The summed E-state index contributed by atoms with van der Waals surface area (Å²) in [7, 11) is 1.67. The minimum absolute atomic E-state index is 0.0428. The summed E-state index contributed by atoms with van der Waals surface area (Å²) in [6.45, 7) is 3.99. The van der Waals surface area contributed by atoms with E-state index in [9.17, 15) is 28.0 Å². The quantitative estimate of drug-likeness (QED) is 0.110. The molecule has 6 aliphatic rings. The van der Waals surface area contributed by atoms with Crippen LogP contribution < -0.4 is 37.6 Å². The number of anilines is 2. The number of hydrogen-bond donors (Lipinski definition) is 4. The van der Waals surface area contributed by atoms with Gasteiger partial charge >= 0.3 is 5.69 Å². The number of piperidine rings is 2. The maximum atomic E-state index is 15.6. The number of halogens is 3. The number of nitrogens with two attached hydrogens (primary N) is 2. The number of para-hydroxylation sites is 1. The van der Waals surface area contributed by atoms with Crippen molar-refractivity contribution in [3.8, 4) is 0 Å². The molecule has 2 aromatic heterocycles. The van der Waals surface area contributed by atoms with Gasteiger partial charge in [0.25, 0.3) is 12.3 Å². The molecule has 21 heteroatoms. The van der Waals surface area contributed by atoms with E-state index in [1.54, 1.807) is 19.2 Å². The molecule has 5 aliphatic heterocycles. The lowest BCUT2D eigenvalue weighted by Gasteiger charge is -2.44. The van der Waals surface area contributed by atoms with Gasteiger partial charge in [0.15, 0.2) is 5.82 Å². The number of alkyl halides is 3. The molecule has 0 radical (unpaired) electrons. The van der Waals surface area contributed by atoms with Gasteiger partial charge in [-0.15, -0.1) is 0 Å². The molecule has 18 nitrogen and oxygen atoms in total. The number of imide groups is 1. The van der Waals surface area contributed by atoms with E-state index in [1.165, 1.54) is 21.5 Å². The van der Waals surface area contributed by atoms with Gasteiger partial charge in [-0.25, -0.2) is 27.9 Å². The molecule has 7 heterocycles. The summed E-state index contributed by atoms with van der Waals surface area (Å²) >= 11 is 0. The van der Waals surface area contributed by atoms with E-state index in [0.29, 0.717) is 74.8 Å². The van der Waals surface area contributed by atoms with Crippen LogP contribution in [-0.2, 0) is 30.9 Å². The van der Waals surface area contributed by atoms with E-state index in [1.807, 2.05) is 12.1 Å². The first-order valence-corrected chi connectivity index (χ1v) is 22.4. The Morgan fingerprint density at radius 1 is 1.09 bits per heavy atom. The smallest absolute Gasteiger partial charge is 0.329 e. The number of morpholine rings is 1. The Kier molecular flexibility index (Phi) is 12.7. The van der Waals surface area contributed by atoms with Gasteiger partial charge in [-0.3, -0.25) is 38.7 Å². The summed E-state index contributed by atoms with van der Waals surface area (Å²) in [5.74, 6) is -0.668. The second-order valence-electron chi connectivity index (χ2n) is 18.0. The fourth-order valence-electron chi connectivity index (χ4n) is 10.2. The molecule has 1 aromatic carbocycles. The second kappa shape index (κ2) is 18.6. The molecule has 0 spiro atoms. The van der Waals surface area contributed by atoms with Crippen molar-refractivity contribution in [3.63, 3.8) is 0 Å². The maximum Gasteiger partial charge on any atom is 0.329 e. The molecule has 5 atom stereocenters. The average Bonchev–Trinajstić information content (AvgIpc) is 3.99. The Labute approximate surface area is 372 Å². The first-order valence-electron chi connectivity index (χ1n) is 22.4. The van der Waals surface area contributed by atoms with E-state index in [-0.39, 0.29) is 72.4 Å². The van der Waals surface area contributed by atoms with Crippen LogP contribution in [0.15, 0.2) is 57.8 Å². The highest BCUT2D eigenvalue weighted by atomic mass is 19.3. The Bertz CT molecular complexity index is 2460. The van der Waals surface area contributed by atoms with E-state index in [2.05, 4.69) is 40.3 Å². The summed E-state index contributed by atoms with van der Waals surface area (Å²) in [5.41, 5.74) is 12.1. The van der Waals surface area contributed by atoms with Gasteiger partial charge in [0.05, 0.1) is 65.0 Å². The fourth-order valence-corrected chi connectivity index (χ4v) is 10.2. The molecule has 9 rings (SSSR count). The van der Waals surface area contributed by atoms with Crippen LogP contribution in [0, 0.1) is 5.92 Å². The second-order valence-corrected chi connectivity index (χ2v) is 18.0. The summed E-state index contributed by atoms with van der Waals surface area (Å²) in [6, 6.07) is 6.52. The number of likely N-dealkylation sites (tertiary alicyclic amines) is 1. The number of amides is 3. The van der Waals surface area contributed by atoms with Gasteiger partial charge in [0.2, 0.25) is 11.8 Å². The molecule has 1 unspecified atom stereocenters. The molecule has 65 heavy (non-hydrogen) atoms. The van der Waals surface area contributed by atoms with Crippen molar-refractivity contribution in [1.29, 1.82) is 0 Å². The third kappa shape index (κ3) is 9.09. The Balaban J connectivity index is 0.736. The normalized spacial score (nSPS) is 28.3. The van der Waals surface area contributed by atoms with Gasteiger partial charge in [-0.1, -0.05) is 6.07 Å². The molecule has 5 saturated heterocycles. The van der Waals surface area contributed by atoms with Crippen LogP contribution in [0.5, 0.6) is 0 Å². The monoisotopic (exact) mass is 904 g/mol. The van der Waals surface area contributed by atoms with Gasteiger partial charge in [0, 0.05) is 71.3 Å². The number of hydrogen-bond acceptors (Lipinski definition) is 14. The number of nitrogens with zero attached hydrogens (tertiary/aromatic N) is 8. The summed E-state index contributed by atoms with van der Waals surface area (Å²) < 4.78 is 58.4. The summed E-state index contributed by atoms with van der Waals surface area (Å²) in [6.07, 6.45) is 3.82. The topological polar surface area (TPSA) is 221 Å². The lowest BCUT2D eigenvalue weighted by molar-refractivity contribution is -0.135. The third-order valence-electron chi connectivity index (χ3n) is 13.8. The van der Waals surface area contributed by atoms with Crippen LogP contribution in [0.4, 0.5) is 24.7 Å². The number of aromatic nitrogens is 4. The number of imidazole rings is 1. The van der Waals surface area contributed by atoms with E-state index < -0.39 is 42.3 Å². The molecule has 2 bridgehead atoms. The number of carbonyl (C=O) groups is 3. The number of nitrogens with one attached hydrogen (secondary N) is 2. The van der Waals surface area contributed by atoms with Crippen molar-refractivity contribution < 1.29 is 37.0 Å². The number of carbonyl (C=O) groups excluding carboxylic acids is 3. The van der Waals surface area contributed by atoms with Crippen LogP contribution >= 0.6 is 0 Å². The van der Waals surface area contributed by atoms with Gasteiger partial charge in [-0.05, 0) is 69.1 Å². The van der Waals surface area contributed by atoms with Crippen LogP contribution in [-0.4, -0.2) is 137 Å². The molecular weight excluding hydrogens is 850 g/mol. The van der Waals surface area contributed by atoms with Gasteiger partial charge in [0.1, 0.15) is 23.7 Å². The van der Waals surface area contributed by atoms with Crippen LogP contribution in [0.2, 0.25) is 0 Å². The zero-order valence-electron chi connectivity index (χ0n) is 36.2. The van der Waals surface area contributed by atoms with Crippen molar-refractivity contribution in [3.05, 3.63) is 64.4 Å². The number of rotatable bonds is 13. The zero-order valence-corrected chi connectivity index (χ0v) is 36.2. The van der Waals surface area contributed by atoms with Gasteiger partial charge < -0.3 is 36.1 Å². The predicted molar refractivity (Wildman–Crippen MR) is 235 cm³/mol. The van der Waals surface area contributed by atoms with Crippen LogP contribution in [0.3, 0.4) is 0 Å². The Morgan fingerprint density at radius 2 is 1.89 bits per heavy atom. The SMILES string of the molecule is Cn1c(=O)n(C2CCC(=O)NC2=O)c2cccc(N3CC(O[C@H]4CCN(CC5CCC(N=CC(NC(=O)C(=CN)c6nccc(N7C[C@H]8C[C@@H]7CO8)n6)=C(N)C(F)F)CC5)C[C@@H]4F)C3)c21. The molecule has 348 valence electrons. The summed E-state index contributed by atoms with van der Waals surface area (Å²) in [5, 5.41) is 4.81. The Hall–Kier alpha value is -5.80. The van der Waals surface area contributed by atoms with Crippen LogP contribution in [0.25, 0.3) is 16.6 Å². The van der Waals surface area contributed by atoms with Crippen molar-refractivity contribution >= 4 is 52.0 Å². The summed E-state index contributed by atoms with van der Waals surface area (Å²) in [4.78, 5) is 70.9. The number of aryl methyl sites for hydroxylation is 1.